The number of nitrogens with zero attached hydrogens (tertiary/aromatic N) is 3. The molecule has 1 N–H and O–H groups in total. The van der Waals surface area contributed by atoms with Crippen LogP contribution in [0.1, 0.15) is 44.1 Å². The number of aliphatic hydroxyl groups excluding tert-OH is 1. The molecule has 0 bridgehead atoms. The highest BCUT2D eigenvalue weighted by atomic mass is 16.5. The van der Waals surface area contributed by atoms with Gasteiger partial charge in [0.1, 0.15) is 6.61 Å². The van der Waals surface area contributed by atoms with E-state index in [9.17, 15) is 9.90 Å². The Bertz CT molecular complexity index is 557. The van der Waals surface area contributed by atoms with E-state index in [4.69, 9.17) is 10.3 Å². The Kier molecular flexibility index (Phi) is 6.44. The van der Waals surface area contributed by atoms with Gasteiger partial charge in [0.25, 0.3) is 0 Å². The second kappa shape index (κ2) is 8.56. The van der Waals surface area contributed by atoms with E-state index in [0.717, 1.165) is 18.4 Å². The summed E-state index contributed by atoms with van der Waals surface area (Å²) in [5.74, 6) is -0.310. The van der Waals surface area contributed by atoms with Crippen LogP contribution in [0, 0.1) is 5.41 Å². The number of unbranched alkanes of at least 4 members (excludes halogenated alkanes) is 1. The molecule has 1 aromatic carbocycles. The number of ether oxygens (including phenoxy) is 1. The number of rotatable bonds is 8. The van der Waals surface area contributed by atoms with E-state index in [1.807, 2.05) is 30.3 Å². The lowest BCUT2D eigenvalue weighted by Crippen LogP contribution is -2.39. The molecular weight excluding hydrogens is 294 g/mol. The van der Waals surface area contributed by atoms with Gasteiger partial charge < -0.3 is 9.84 Å². The number of azide groups is 1. The number of hydrogen-bond donors (Lipinski definition) is 1. The van der Waals surface area contributed by atoms with Gasteiger partial charge in [-0.15, -0.1) is 0 Å². The molecule has 23 heavy (non-hydrogen) atoms. The van der Waals surface area contributed by atoms with E-state index in [1.54, 1.807) is 0 Å². The lowest BCUT2D eigenvalue weighted by Gasteiger charge is -2.30. The maximum atomic E-state index is 12.6. The van der Waals surface area contributed by atoms with Crippen LogP contribution in [0.15, 0.2) is 35.4 Å². The molecule has 1 saturated carbocycles. The molecule has 6 nitrogen and oxygen atoms in total. The Hall–Kier alpha value is -2.04. The van der Waals surface area contributed by atoms with Gasteiger partial charge in [0, 0.05) is 11.5 Å². The van der Waals surface area contributed by atoms with Gasteiger partial charge in [0.15, 0.2) is 0 Å². The summed E-state index contributed by atoms with van der Waals surface area (Å²) in [6.45, 7) is 0.647. The van der Waals surface area contributed by atoms with Crippen molar-refractivity contribution in [3.05, 3.63) is 46.3 Å². The lowest BCUT2D eigenvalue weighted by molar-refractivity contribution is -0.163. The van der Waals surface area contributed by atoms with E-state index >= 15 is 0 Å². The number of aliphatic hydroxyl groups is 1. The Morgan fingerprint density at radius 2 is 2.17 bits per heavy atom. The molecule has 1 aliphatic carbocycles. The average Bonchev–Trinajstić information content (AvgIpc) is 2.95. The largest absolute Gasteiger partial charge is 0.460 e. The zero-order chi connectivity index (χ0) is 16.5. The van der Waals surface area contributed by atoms with Crippen LogP contribution in [0.3, 0.4) is 0 Å². The summed E-state index contributed by atoms with van der Waals surface area (Å²) in [6, 6.07) is 9.53. The third-order valence-corrected chi connectivity index (χ3v) is 4.55. The number of carbonyl (C=O) groups is 1. The average molecular weight is 317 g/mol. The summed E-state index contributed by atoms with van der Waals surface area (Å²) in [6.07, 6.45) is 3.49. The van der Waals surface area contributed by atoms with Crippen molar-refractivity contribution in [2.75, 3.05) is 6.54 Å². The minimum atomic E-state index is -0.800. The van der Waals surface area contributed by atoms with Crippen LogP contribution in [-0.2, 0) is 16.1 Å². The fraction of sp³-hybridized carbons (Fsp3) is 0.588. The van der Waals surface area contributed by atoms with Crippen LogP contribution in [-0.4, -0.2) is 23.7 Å². The minimum Gasteiger partial charge on any atom is -0.460 e. The number of carbonyl (C=O) groups excluding carboxylic acids is 1. The van der Waals surface area contributed by atoms with Gasteiger partial charge in [-0.25, -0.2) is 0 Å². The van der Waals surface area contributed by atoms with Crippen molar-refractivity contribution in [2.45, 2.75) is 51.2 Å². The highest BCUT2D eigenvalue weighted by Gasteiger charge is 2.49. The van der Waals surface area contributed by atoms with Gasteiger partial charge >= 0.3 is 5.97 Å². The standard InChI is InChI=1S/C17H23N3O3/c18-20-19-12-5-4-10-17(11-6-9-15(17)21)16(22)23-13-14-7-2-1-3-8-14/h1-3,7-8,15,21H,4-6,9-13H2. The molecule has 6 heteroatoms. The van der Waals surface area contributed by atoms with E-state index in [0.29, 0.717) is 32.2 Å². The van der Waals surface area contributed by atoms with Crippen molar-refractivity contribution in [2.24, 2.45) is 10.5 Å². The van der Waals surface area contributed by atoms with Gasteiger partial charge in [-0.3, -0.25) is 4.79 Å². The summed E-state index contributed by atoms with van der Waals surface area (Å²) in [4.78, 5) is 15.3. The first-order chi connectivity index (χ1) is 11.2. The number of hydrogen-bond acceptors (Lipinski definition) is 4. The summed E-state index contributed by atoms with van der Waals surface area (Å²) in [5, 5.41) is 13.8. The third-order valence-electron chi connectivity index (χ3n) is 4.55. The van der Waals surface area contributed by atoms with Crippen molar-refractivity contribution in [3.8, 4) is 0 Å². The maximum absolute atomic E-state index is 12.6. The van der Waals surface area contributed by atoms with Crippen LogP contribution in [0.25, 0.3) is 10.4 Å². The van der Waals surface area contributed by atoms with E-state index in [-0.39, 0.29) is 12.6 Å². The second-order valence-corrected chi connectivity index (χ2v) is 6.04. The third kappa shape index (κ3) is 4.47. The fourth-order valence-electron chi connectivity index (χ4n) is 3.22. The van der Waals surface area contributed by atoms with Crippen LogP contribution in [0.2, 0.25) is 0 Å². The van der Waals surface area contributed by atoms with Crippen molar-refractivity contribution < 1.29 is 14.6 Å². The fourth-order valence-corrected chi connectivity index (χ4v) is 3.22. The van der Waals surface area contributed by atoms with Gasteiger partial charge in [0.2, 0.25) is 0 Å². The van der Waals surface area contributed by atoms with Crippen molar-refractivity contribution in [1.29, 1.82) is 0 Å². The van der Waals surface area contributed by atoms with Crippen molar-refractivity contribution in [3.63, 3.8) is 0 Å². The van der Waals surface area contributed by atoms with E-state index in [1.165, 1.54) is 0 Å². The van der Waals surface area contributed by atoms with Crippen LogP contribution in [0.4, 0.5) is 0 Å². The van der Waals surface area contributed by atoms with E-state index < -0.39 is 11.5 Å². The molecule has 0 saturated heterocycles. The Morgan fingerprint density at radius 1 is 1.39 bits per heavy atom. The summed E-state index contributed by atoms with van der Waals surface area (Å²) in [5.41, 5.74) is 8.42. The predicted molar refractivity (Wildman–Crippen MR) is 86.4 cm³/mol. The van der Waals surface area contributed by atoms with Crippen LogP contribution in [0.5, 0.6) is 0 Å². The highest BCUT2D eigenvalue weighted by molar-refractivity contribution is 5.78. The van der Waals surface area contributed by atoms with Crippen molar-refractivity contribution in [1.82, 2.24) is 0 Å². The first-order valence-corrected chi connectivity index (χ1v) is 8.09. The zero-order valence-corrected chi connectivity index (χ0v) is 13.2. The summed E-state index contributed by atoms with van der Waals surface area (Å²) >= 11 is 0. The number of esters is 1. The molecular formula is C17H23N3O3. The molecule has 0 heterocycles. The first kappa shape index (κ1) is 17.3. The van der Waals surface area contributed by atoms with Crippen LogP contribution < -0.4 is 0 Å². The van der Waals surface area contributed by atoms with E-state index in [2.05, 4.69) is 10.0 Å². The maximum Gasteiger partial charge on any atom is 0.315 e. The Labute approximate surface area is 136 Å². The molecule has 0 spiro atoms. The summed E-state index contributed by atoms with van der Waals surface area (Å²) in [7, 11) is 0. The quantitative estimate of drug-likeness (QED) is 0.260. The molecule has 2 atom stereocenters. The van der Waals surface area contributed by atoms with Crippen LogP contribution >= 0.6 is 0 Å². The topological polar surface area (TPSA) is 95.3 Å². The van der Waals surface area contributed by atoms with Gasteiger partial charge in [-0.1, -0.05) is 41.9 Å². The summed E-state index contributed by atoms with van der Waals surface area (Å²) < 4.78 is 5.48. The molecule has 0 aliphatic heterocycles. The number of benzene rings is 1. The molecule has 2 unspecified atom stereocenters. The normalized spacial score (nSPS) is 23.3. The monoisotopic (exact) mass is 317 g/mol. The van der Waals surface area contributed by atoms with Gasteiger partial charge in [0.05, 0.1) is 11.5 Å². The molecule has 0 amide bonds. The molecule has 2 rings (SSSR count). The molecule has 124 valence electrons. The molecule has 0 radical (unpaired) electrons. The van der Waals surface area contributed by atoms with Gasteiger partial charge in [-0.05, 0) is 43.2 Å². The first-order valence-electron chi connectivity index (χ1n) is 8.09. The minimum absolute atomic E-state index is 0.229. The molecule has 1 fully saturated rings. The SMILES string of the molecule is [N-]=[N+]=NCCCCC1(C(=O)OCc2ccccc2)CCCC1O. The lowest BCUT2D eigenvalue weighted by atomic mass is 9.79. The van der Waals surface area contributed by atoms with Crippen molar-refractivity contribution >= 4 is 5.97 Å². The highest BCUT2D eigenvalue weighted by Crippen LogP contribution is 2.43. The Morgan fingerprint density at radius 3 is 2.83 bits per heavy atom. The zero-order valence-electron chi connectivity index (χ0n) is 13.2. The Balaban J connectivity index is 1.94. The predicted octanol–water partition coefficient (Wildman–Crippen LogP) is 3.74. The smallest absolute Gasteiger partial charge is 0.315 e. The molecule has 0 aromatic heterocycles. The molecule has 1 aromatic rings. The van der Waals surface area contributed by atoms with Gasteiger partial charge in [-0.2, -0.15) is 0 Å². The second-order valence-electron chi connectivity index (χ2n) is 6.04. The molecule has 1 aliphatic rings.